The van der Waals surface area contributed by atoms with Gasteiger partial charge in [-0.2, -0.15) is 0 Å². The molecule has 1 saturated heterocycles. The van der Waals surface area contributed by atoms with E-state index < -0.39 is 11.6 Å². The van der Waals surface area contributed by atoms with Crippen LogP contribution in [0.5, 0.6) is 0 Å². The Hall–Kier alpha value is -2.78. The monoisotopic (exact) mass is 513 g/mol. The highest BCUT2D eigenvalue weighted by Crippen LogP contribution is 2.30. The fourth-order valence-corrected chi connectivity index (χ4v) is 6.00. The van der Waals surface area contributed by atoms with Crippen molar-refractivity contribution < 1.29 is 18.4 Å². The summed E-state index contributed by atoms with van der Waals surface area (Å²) in [6, 6.07) is 5.25. The van der Waals surface area contributed by atoms with Gasteiger partial charge in [-0.15, -0.1) is 0 Å². The van der Waals surface area contributed by atoms with Crippen LogP contribution >= 0.6 is 0 Å². The molecule has 2 atom stereocenters. The molecule has 3 heterocycles. The molecule has 0 bridgehead atoms. The van der Waals surface area contributed by atoms with Crippen LogP contribution in [0.2, 0.25) is 0 Å². The average Bonchev–Trinajstić information content (AvgIpc) is 3.36. The molecule has 2 amide bonds. The molecule has 2 fully saturated rings. The van der Waals surface area contributed by atoms with Gasteiger partial charge in [0.05, 0.1) is 6.04 Å². The lowest BCUT2D eigenvalue weighted by Gasteiger charge is -2.38. The number of aromatic nitrogens is 1. The number of hydrogen-bond donors (Lipinski definition) is 2. The molecule has 2 N–H and O–H groups in total. The maximum atomic E-state index is 13.8. The minimum atomic E-state index is -0.934. The van der Waals surface area contributed by atoms with Gasteiger partial charge in [-0.05, 0) is 49.6 Å². The zero-order valence-corrected chi connectivity index (χ0v) is 21.5. The Morgan fingerprint density at radius 1 is 1.05 bits per heavy atom. The zero-order valence-electron chi connectivity index (χ0n) is 21.5. The third-order valence-corrected chi connectivity index (χ3v) is 8.26. The molecule has 0 spiro atoms. The number of rotatable bonds is 7. The third kappa shape index (κ3) is 6.04. The summed E-state index contributed by atoms with van der Waals surface area (Å²) in [4.78, 5) is 30.7. The zero-order chi connectivity index (χ0) is 25.9. The van der Waals surface area contributed by atoms with Crippen LogP contribution in [0.4, 0.5) is 8.78 Å². The van der Waals surface area contributed by atoms with Crippen LogP contribution in [-0.2, 0) is 4.79 Å². The maximum absolute atomic E-state index is 13.8. The Balaban J connectivity index is 1.29. The van der Waals surface area contributed by atoms with E-state index in [-0.39, 0.29) is 30.3 Å². The quantitative estimate of drug-likeness (QED) is 0.596. The second kappa shape index (κ2) is 11.3. The second-order valence-electron chi connectivity index (χ2n) is 10.9. The summed E-state index contributed by atoms with van der Waals surface area (Å²) in [5.74, 6) is -1.61. The number of carbonyl (C=O) groups excluding carboxylic acids is 2. The van der Waals surface area contributed by atoms with Gasteiger partial charge in [0.15, 0.2) is 11.6 Å². The summed E-state index contributed by atoms with van der Waals surface area (Å²) in [6.07, 6.45) is 8.01. The number of amides is 2. The maximum Gasteiger partial charge on any atom is 0.268 e. The summed E-state index contributed by atoms with van der Waals surface area (Å²) in [7, 11) is 2.15. The number of nitrogens with one attached hydrogen (secondary N) is 2. The molecular formula is C28H37F2N5O2. The first-order valence-electron chi connectivity index (χ1n) is 13.5. The number of fused-ring (bicyclic) bond motifs is 1. The van der Waals surface area contributed by atoms with Gasteiger partial charge in [-0.1, -0.05) is 25.3 Å². The van der Waals surface area contributed by atoms with Crippen molar-refractivity contribution in [3.63, 3.8) is 0 Å². The van der Waals surface area contributed by atoms with Crippen LogP contribution in [0, 0.1) is 17.6 Å². The molecule has 37 heavy (non-hydrogen) atoms. The molecule has 2 aliphatic heterocycles. The number of likely N-dealkylation sites (N-methyl/N-ethyl adjacent to an activating group) is 1. The van der Waals surface area contributed by atoms with Gasteiger partial charge in [-0.25, -0.2) is 8.78 Å². The Kier molecular flexibility index (Phi) is 7.90. The fourth-order valence-electron chi connectivity index (χ4n) is 6.00. The van der Waals surface area contributed by atoms with Gasteiger partial charge >= 0.3 is 0 Å². The van der Waals surface area contributed by atoms with Crippen molar-refractivity contribution in [2.45, 2.75) is 50.6 Å². The van der Waals surface area contributed by atoms with E-state index in [4.69, 9.17) is 0 Å². The van der Waals surface area contributed by atoms with E-state index in [1.807, 2.05) is 4.57 Å². The molecule has 2 aromatic rings. The van der Waals surface area contributed by atoms with Crippen molar-refractivity contribution in [2.24, 2.45) is 5.92 Å². The molecule has 9 heteroatoms. The Morgan fingerprint density at radius 3 is 2.54 bits per heavy atom. The van der Waals surface area contributed by atoms with Crippen molar-refractivity contribution in [3.8, 4) is 11.1 Å². The lowest BCUT2D eigenvalue weighted by molar-refractivity contribution is -0.123. The first-order valence-corrected chi connectivity index (χ1v) is 13.5. The number of hydrogen-bond acceptors (Lipinski definition) is 4. The third-order valence-electron chi connectivity index (χ3n) is 8.26. The van der Waals surface area contributed by atoms with Gasteiger partial charge < -0.3 is 20.1 Å². The predicted molar refractivity (Wildman–Crippen MR) is 138 cm³/mol. The number of halogens is 2. The highest BCUT2D eigenvalue weighted by Gasteiger charge is 2.31. The van der Waals surface area contributed by atoms with Crippen LogP contribution in [0.3, 0.4) is 0 Å². The van der Waals surface area contributed by atoms with Crippen molar-refractivity contribution in [3.05, 3.63) is 47.8 Å². The van der Waals surface area contributed by atoms with Crippen molar-refractivity contribution in [1.82, 2.24) is 25.0 Å². The summed E-state index contributed by atoms with van der Waals surface area (Å²) in [5, 5.41) is 6.25. The topological polar surface area (TPSA) is 69.6 Å². The Bertz CT molecular complexity index is 1120. The fraction of sp³-hybridized carbons (Fsp3) is 0.571. The van der Waals surface area contributed by atoms with Crippen LogP contribution in [0.1, 0.15) is 55.1 Å². The summed E-state index contributed by atoms with van der Waals surface area (Å²) in [6.45, 7) is 5.35. The lowest BCUT2D eigenvalue weighted by Crippen LogP contribution is -2.53. The predicted octanol–water partition coefficient (Wildman–Crippen LogP) is 3.42. The molecule has 1 aromatic carbocycles. The number of piperazine rings is 1. The van der Waals surface area contributed by atoms with Crippen LogP contribution < -0.4 is 10.6 Å². The first kappa shape index (κ1) is 25.9. The Labute approximate surface area is 217 Å². The molecule has 3 aliphatic rings. The molecule has 1 aliphatic carbocycles. The minimum absolute atomic E-state index is 0.0140. The second-order valence-corrected chi connectivity index (χ2v) is 10.9. The highest BCUT2D eigenvalue weighted by molar-refractivity contribution is 5.95. The highest BCUT2D eigenvalue weighted by atomic mass is 19.2. The molecule has 5 rings (SSSR count). The van der Waals surface area contributed by atoms with Crippen LogP contribution in [-0.4, -0.2) is 78.5 Å². The largest absolute Gasteiger partial charge is 0.352 e. The van der Waals surface area contributed by atoms with E-state index in [1.54, 1.807) is 12.3 Å². The molecule has 1 saturated carbocycles. The van der Waals surface area contributed by atoms with E-state index in [0.29, 0.717) is 29.3 Å². The van der Waals surface area contributed by atoms with Gasteiger partial charge in [-0.3, -0.25) is 14.5 Å². The molecule has 7 nitrogen and oxygen atoms in total. The average molecular weight is 514 g/mol. The van der Waals surface area contributed by atoms with Crippen molar-refractivity contribution in [2.75, 3.05) is 46.3 Å². The van der Waals surface area contributed by atoms with Gasteiger partial charge in [0.1, 0.15) is 5.69 Å². The van der Waals surface area contributed by atoms with E-state index >= 15 is 0 Å². The van der Waals surface area contributed by atoms with E-state index in [9.17, 15) is 18.4 Å². The molecule has 0 unspecified atom stereocenters. The van der Waals surface area contributed by atoms with E-state index in [0.717, 1.165) is 57.7 Å². The van der Waals surface area contributed by atoms with E-state index in [1.165, 1.54) is 25.3 Å². The van der Waals surface area contributed by atoms with Gasteiger partial charge in [0, 0.05) is 63.5 Å². The molecular weight excluding hydrogens is 476 g/mol. The normalized spacial score (nSPS) is 22.4. The standard InChI is InChI=1S/C28H37F2N5O2/c1-33-9-11-34(12-10-33)18-25(19-5-3-2-4-6-19)32-27(36)15-22-16-31-28(37)26-14-21(17-35(22)26)20-7-8-23(29)24(30)13-20/h7-8,13-14,17,19,22,25H,2-6,9-12,15-16,18H2,1H3,(H,31,37)(H,32,36)/t22-,25-/m1/s1. The molecule has 0 radical (unpaired) electrons. The Morgan fingerprint density at radius 2 is 1.81 bits per heavy atom. The van der Waals surface area contributed by atoms with Gasteiger partial charge in [0.25, 0.3) is 5.91 Å². The van der Waals surface area contributed by atoms with Crippen LogP contribution in [0.25, 0.3) is 11.1 Å². The van der Waals surface area contributed by atoms with Crippen molar-refractivity contribution >= 4 is 11.8 Å². The van der Waals surface area contributed by atoms with Crippen LogP contribution in [0.15, 0.2) is 30.5 Å². The van der Waals surface area contributed by atoms with Crippen molar-refractivity contribution in [1.29, 1.82) is 0 Å². The molecule has 1 aromatic heterocycles. The lowest BCUT2D eigenvalue weighted by atomic mass is 9.83. The summed E-state index contributed by atoms with van der Waals surface area (Å²) < 4.78 is 29.0. The molecule has 200 valence electrons. The first-order chi connectivity index (χ1) is 17.9. The smallest absolute Gasteiger partial charge is 0.268 e. The van der Waals surface area contributed by atoms with E-state index in [2.05, 4.69) is 27.5 Å². The number of benzene rings is 1. The SMILES string of the molecule is CN1CCN(C[C@@H](NC(=O)C[C@@H]2CNC(=O)c3cc(-c4ccc(F)c(F)c4)cn32)C2CCCCC2)CC1. The summed E-state index contributed by atoms with van der Waals surface area (Å²) in [5.41, 5.74) is 1.53. The number of carbonyl (C=O) groups is 2. The minimum Gasteiger partial charge on any atom is -0.352 e. The number of nitrogens with zero attached hydrogens (tertiary/aromatic N) is 3. The summed E-state index contributed by atoms with van der Waals surface area (Å²) >= 11 is 0. The van der Waals surface area contributed by atoms with Gasteiger partial charge in [0.2, 0.25) is 5.91 Å².